The smallest absolute Gasteiger partial charge is 0.235 e. The van der Waals surface area contributed by atoms with Crippen LogP contribution in [0.1, 0.15) is 31.9 Å². The summed E-state index contributed by atoms with van der Waals surface area (Å²) in [4.78, 5) is 4.21. The first-order valence-corrected chi connectivity index (χ1v) is 8.15. The number of hydrogen-bond acceptors (Lipinski definition) is 6. The molecule has 134 valence electrons. The van der Waals surface area contributed by atoms with Crippen molar-refractivity contribution in [2.24, 2.45) is 0 Å². The van der Waals surface area contributed by atoms with E-state index in [1.807, 2.05) is 51.1 Å². The second-order valence-corrected chi connectivity index (χ2v) is 6.45. The number of benzene rings is 1. The van der Waals surface area contributed by atoms with Gasteiger partial charge in [-0.05, 0) is 26.3 Å². The number of hydrogen-bond donors (Lipinski definition) is 0. The molecule has 6 nitrogen and oxygen atoms in total. The van der Waals surface area contributed by atoms with Crippen LogP contribution in [0.4, 0.5) is 0 Å². The summed E-state index contributed by atoms with van der Waals surface area (Å²) >= 11 is 0. The number of nitrogens with zero attached hydrogens (tertiary/aromatic N) is 3. The fourth-order valence-electron chi connectivity index (χ4n) is 2.38. The maximum atomic E-state index is 9.68. The third kappa shape index (κ3) is 4.50. The fraction of sp³-hybridized carbons (Fsp3) is 0.350. The number of aromatic nitrogens is 1. The highest BCUT2D eigenvalue weighted by Crippen LogP contribution is 2.36. The van der Waals surface area contributed by atoms with Gasteiger partial charge in [-0.2, -0.15) is 15.5 Å². The Balaban J connectivity index is 2.47. The lowest BCUT2D eigenvalue weighted by molar-refractivity contribution is -0.0168. The number of nitriles is 2. The van der Waals surface area contributed by atoms with Crippen LogP contribution in [-0.4, -0.2) is 30.9 Å². The monoisotopic (exact) mass is 351 g/mol. The molecule has 26 heavy (non-hydrogen) atoms. The zero-order chi connectivity index (χ0) is 19.2. The van der Waals surface area contributed by atoms with Gasteiger partial charge in [0.05, 0.1) is 19.3 Å². The van der Waals surface area contributed by atoms with Crippen molar-refractivity contribution in [3.63, 3.8) is 0 Å². The van der Waals surface area contributed by atoms with Crippen LogP contribution in [0.5, 0.6) is 11.8 Å². The minimum absolute atomic E-state index is 0.122. The molecule has 0 aliphatic rings. The van der Waals surface area contributed by atoms with Gasteiger partial charge in [0.25, 0.3) is 0 Å². The average molecular weight is 351 g/mol. The summed E-state index contributed by atoms with van der Waals surface area (Å²) in [7, 11) is 1.43. The minimum atomic E-state index is -0.285. The summed E-state index contributed by atoms with van der Waals surface area (Å²) in [6, 6.07) is 13.4. The summed E-state index contributed by atoms with van der Waals surface area (Å²) in [5.74, 6) is 0.247. The molecule has 0 aliphatic heterocycles. The van der Waals surface area contributed by atoms with Crippen LogP contribution in [0.2, 0.25) is 0 Å². The predicted molar refractivity (Wildman–Crippen MR) is 96.9 cm³/mol. The minimum Gasteiger partial charge on any atom is -0.480 e. The standard InChI is InChI=1S/C20H21N3O3/c1-20(2,3)26-11-10-25-19-16(13-22)17(14-8-6-5-7-9-14)15(12-21)18(23-19)24-4/h5-9H,10-11H2,1-4H3. The van der Waals surface area contributed by atoms with Crippen molar-refractivity contribution in [2.75, 3.05) is 20.3 Å². The van der Waals surface area contributed by atoms with E-state index in [1.54, 1.807) is 0 Å². The van der Waals surface area contributed by atoms with E-state index in [0.717, 1.165) is 5.56 Å². The number of rotatable bonds is 6. The zero-order valence-electron chi connectivity index (χ0n) is 15.4. The highest BCUT2D eigenvalue weighted by atomic mass is 16.5. The van der Waals surface area contributed by atoms with Crippen LogP contribution in [-0.2, 0) is 4.74 Å². The molecule has 0 bridgehead atoms. The number of ether oxygens (including phenoxy) is 3. The maximum Gasteiger partial charge on any atom is 0.235 e. The Bertz CT molecular complexity index is 844. The Kier molecular flexibility index (Phi) is 6.16. The molecule has 0 N–H and O–H groups in total. The molecular weight excluding hydrogens is 330 g/mol. The van der Waals surface area contributed by atoms with Gasteiger partial charge < -0.3 is 14.2 Å². The molecule has 1 heterocycles. The summed E-state index contributed by atoms with van der Waals surface area (Å²) < 4.78 is 16.5. The van der Waals surface area contributed by atoms with Crippen LogP contribution in [0, 0.1) is 22.7 Å². The Morgan fingerprint density at radius 2 is 1.58 bits per heavy atom. The van der Waals surface area contributed by atoms with Gasteiger partial charge in [0, 0.05) is 5.56 Å². The summed E-state index contributed by atoms with van der Waals surface area (Å²) in [6.07, 6.45) is 0. The van der Waals surface area contributed by atoms with Crippen molar-refractivity contribution in [1.29, 1.82) is 10.5 Å². The largest absolute Gasteiger partial charge is 0.480 e. The molecule has 0 saturated carbocycles. The average Bonchev–Trinajstić information content (AvgIpc) is 2.63. The van der Waals surface area contributed by atoms with Gasteiger partial charge in [-0.15, -0.1) is 0 Å². The highest BCUT2D eigenvalue weighted by molar-refractivity contribution is 5.80. The van der Waals surface area contributed by atoms with Crippen LogP contribution in [0.25, 0.3) is 11.1 Å². The lowest BCUT2D eigenvalue weighted by atomic mass is 9.97. The molecule has 2 rings (SSSR count). The first-order chi connectivity index (χ1) is 12.4. The Morgan fingerprint density at radius 3 is 2.12 bits per heavy atom. The molecule has 0 spiro atoms. The summed E-state index contributed by atoms with van der Waals surface area (Å²) in [6.45, 7) is 6.42. The van der Waals surface area contributed by atoms with Crippen LogP contribution < -0.4 is 9.47 Å². The van der Waals surface area contributed by atoms with Gasteiger partial charge in [-0.25, -0.2) is 0 Å². The Labute approximate surface area is 153 Å². The molecule has 0 aliphatic carbocycles. The summed E-state index contributed by atoms with van der Waals surface area (Å²) in [5.41, 5.74) is 1.29. The van der Waals surface area contributed by atoms with Crippen molar-refractivity contribution in [1.82, 2.24) is 4.98 Å². The van der Waals surface area contributed by atoms with E-state index >= 15 is 0 Å². The number of methoxy groups -OCH3 is 1. The van der Waals surface area contributed by atoms with Crippen LogP contribution >= 0.6 is 0 Å². The molecule has 6 heteroatoms. The molecule has 0 radical (unpaired) electrons. The van der Waals surface area contributed by atoms with Gasteiger partial charge in [-0.1, -0.05) is 30.3 Å². The van der Waals surface area contributed by atoms with Gasteiger partial charge in [0.1, 0.15) is 29.9 Å². The van der Waals surface area contributed by atoms with E-state index in [4.69, 9.17) is 14.2 Å². The van der Waals surface area contributed by atoms with E-state index in [2.05, 4.69) is 17.1 Å². The molecule has 1 aromatic carbocycles. The van der Waals surface area contributed by atoms with E-state index in [-0.39, 0.29) is 35.1 Å². The summed E-state index contributed by atoms with van der Waals surface area (Å²) in [5, 5.41) is 19.2. The first-order valence-electron chi connectivity index (χ1n) is 8.15. The van der Waals surface area contributed by atoms with E-state index in [1.165, 1.54) is 7.11 Å². The molecule has 0 atom stereocenters. The fourth-order valence-corrected chi connectivity index (χ4v) is 2.38. The highest BCUT2D eigenvalue weighted by Gasteiger charge is 2.23. The normalized spacial score (nSPS) is 10.7. The van der Waals surface area contributed by atoms with Gasteiger partial charge in [0.15, 0.2) is 0 Å². The maximum absolute atomic E-state index is 9.68. The van der Waals surface area contributed by atoms with Crippen molar-refractivity contribution in [2.45, 2.75) is 26.4 Å². The van der Waals surface area contributed by atoms with Crippen LogP contribution in [0.15, 0.2) is 30.3 Å². The van der Waals surface area contributed by atoms with Crippen LogP contribution in [0.3, 0.4) is 0 Å². The predicted octanol–water partition coefficient (Wildman–Crippen LogP) is 3.69. The Morgan fingerprint density at radius 1 is 0.962 bits per heavy atom. The molecule has 0 saturated heterocycles. The molecular formula is C20H21N3O3. The van der Waals surface area contributed by atoms with Crippen molar-refractivity contribution < 1.29 is 14.2 Å². The van der Waals surface area contributed by atoms with E-state index in [9.17, 15) is 10.5 Å². The van der Waals surface area contributed by atoms with Gasteiger partial charge in [-0.3, -0.25) is 0 Å². The Hall–Kier alpha value is -3.09. The zero-order valence-corrected chi connectivity index (χ0v) is 15.4. The van der Waals surface area contributed by atoms with E-state index < -0.39 is 0 Å². The molecule has 2 aromatic rings. The van der Waals surface area contributed by atoms with Crippen molar-refractivity contribution >= 4 is 0 Å². The number of pyridine rings is 1. The topological polar surface area (TPSA) is 88.2 Å². The molecule has 0 unspecified atom stereocenters. The third-order valence-electron chi connectivity index (χ3n) is 3.47. The quantitative estimate of drug-likeness (QED) is 0.738. The molecule has 0 amide bonds. The lowest BCUT2D eigenvalue weighted by Gasteiger charge is -2.20. The van der Waals surface area contributed by atoms with E-state index in [0.29, 0.717) is 12.2 Å². The van der Waals surface area contributed by atoms with Crippen molar-refractivity contribution in [3.05, 3.63) is 41.5 Å². The third-order valence-corrected chi connectivity index (χ3v) is 3.47. The van der Waals surface area contributed by atoms with Gasteiger partial charge in [0.2, 0.25) is 11.8 Å². The van der Waals surface area contributed by atoms with Crippen molar-refractivity contribution in [3.8, 4) is 35.0 Å². The first kappa shape index (κ1) is 19.2. The second-order valence-electron chi connectivity index (χ2n) is 6.45. The molecule has 1 aromatic heterocycles. The second kappa shape index (κ2) is 8.33. The molecule has 0 fully saturated rings. The van der Waals surface area contributed by atoms with Gasteiger partial charge >= 0.3 is 0 Å². The SMILES string of the molecule is COc1nc(OCCOC(C)(C)C)c(C#N)c(-c2ccccc2)c1C#N. The lowest BCUT2D eigenvalue weighted by Crippen LogP contribution is -2.22.